The average Bonchev–Trinajstić information content (AvgIpc) is 3.51. The van der Waals surface area contributed by atoms with Gasteiger partial charge in [-0.15, -0.1) is 0 Å². The van der Waals surface area contributed by atoms with E-state index in [4.69, 9.17) is 9.47 Å². The van der Waals surface area contributed by atoms with E-state index in [1.807, 2.05) is 0 Å². The van der Waals surface area contributed by atoms with E-state index in [0.29, 0.717) is 12.8 Å². The Bertz CT molecular complexity index is 1430. The molecule has 1 amide bonds. The Kier molecular flexibility index (Phi) is 60.3. The first-order chi connectivity index (χ1) is 41.7. The highest BCUT2D eigenvalue weighted by Gasteiger charge is 2.44. The predicted octanol–water partition coefficient (Wildman–Crippen LogP) is 18.4. The van der Waals surface area contributed by atoms with Gasteiger partial charge in [-0.25, -0.2) is 0 Å². The summed E-state index contributed by atoms with van der Waals surface area (Å²) in [4.78, 5) is 13.3. The first-order valence-corrected chi connectivity index (χ1v) is 37.2. The number of carbonyl (C=O) groups excluding carboxylic acids is 1. The Hall–Kier alpha value is -1.41. The minimum absolute atomic E-state index is 0.258. The number of hydrogen-bond acceptors (Lipinski definition) is 10. The smallest absolute Gasteiger partial charge is 0.249 e. The number of unbranched alkanes of at least 4 members (excludes halogenated alkanes) is 50. The molecule has 0 aromatic rings. The molecule has 11 nitrogen and oxygen atoms in total. The molecule has 0 spiro atoms. The first kappa shape index (κ1) is 81.6. The summed E-state index contributed by atoms with van der Waals surface area (Å²) in [5.74, 6) is -0.699. The van der Waals surface area contributed by atoms with Crippen LogP contribution >= 0.6 is 0 Å². The molecule has 1 aliphatic rings. The highest BCUT2D eigenvalue weighted by Crippen LogP contribution is 2.24. The van der Waals surface area contributed by atoms with Gasteiger partial charge < -0.3 is 50.5 Å². The van der Waals surface area contributed by atoms with Crippen LogP contribution in [0.2, 0.25) is 0 Å². The van der Waals surface area contributed by atoms with Gasteiger partial charge in [0.2, 0.25) is 5.91 Å². The van der Waals surface area contributed by atoms with Crippen LogP contribution in [0.5, 0.6) is 0 Å². The zero-order valence-corrected chi connectivity index (χ0v) is 55.9. The normalized spacial score (nSPS) is 18.9. The van der Waals surface area contributed by atoms with Crippen LogP contribution in [-0.4, -0.2) is 110 Å². The number of hydrogen-bond donors (Lipinski definition) is 8. The maximum atomic E-state index is 13.3. The maximum Gasteiger partial charge on any atom is 0.249 e. The van der Waals surface area contributed by atoms with E-state index in [9.17, 15) is 40.5 Å². The summed E-state index contributed by atoms with van der Waals surface area (Å²) in [6, 6.07) is -1.18. The predicted molar refractivity (Wildman–Crippen MR) is 358 cm³/mol. The van der Waals surface area contributed by atoms with Crippen LogP contribution in [0, 0.1) is 0 Å². The quantitative estimate of drug-likeness (QED) is 0.0215. The molecule has 1 fully saturated rings. The minimum Gasteiger partial charge on any atom is -0.394 e. The number of aliphatic hydroxyl groups excluding tert-OH is 7. The molecule has 8 N–H and O–H groups in total. The Balaban J connectivity index is 2.18. The van der Waals surface area contributed by atoms with Gasteiger partial charge in [0.15, 0.2) is 6.29 Å². The molecule has 0 aliphatic carbocycles. The van der Waals surface area contributed by atoms with Gasteiger partial charge in [0.1, 0.15) is 36.6 Å². The fourth-order valence-corrected chi connectivity index (χ4v) is 12.3. The summed E-state index contributed by atoms with van der Waals surface area (Å²) < 4.78 is 11.2. The lowest BCUT2D eigenvalue weighted by molar-refractivity contribution is -0.303. The van der Waals surface area contributed by atoms with Gasteiger partial charge in [-0.2, -0.15) is 0 Å². The topological polar surface area (TPSA) is 189 Å². The summed E-state index contributed by atoms with van der Waals surface area (Å²) in [5, 5.41) is 76.6. The Morgan fingerprint density at radius 3 is 1.01 bits per heavy atom. The van der Waals surface area contributed by atoms with Gasteiger partial charge in [-0.05, 0) is 64.2 Å². The van der Waals surface area contributed by atoms with Crippen LogP contribution in [0.3, 0.4) is 0 Å². The van der Waals surface area contributed by atoms with Crippen LogP contribution in [-0.2, 0) is 14.3 Å². The van der Waals surface area contributed by atoms with Gasteiger partial charge >= 0.3 is 0 Å². The van der Waals surface area contributed by atoms with Crippen molar-refractivity contribution >= 4 is 5.91 Å². The van der Waals surface area contributed by atoms with Crippen molar-refractivity contribution in [1.82, 2.24) is 5.32 Å². The van der Waals surface area contributed by atoms with Crippen LogP contribution in [0.1, 0.15) is 373 Å². The maximum absolute atomic E-state index is 13.3. The second kappa shape index (κ2) is 62.8. The summed E-state index contributed by atoms with van der Waals surface area (Å²) in [6.45, 7) is 3.51. The number of nitrogens with one attached hydrogen (secondary N) is 1. The van der Waals surface area contributed by atoms with Crippen molar-refractivity contribution in [2.75, 3.05) is 13.2 Å². The number of carbonyl (C=O) groups is 1. The van der Waals surface area contributed by atoms with Gasteiger partial charge in [-0.3, -0.25) is 4.79 Å². The molecule has 0 saturated carbocycles. The molecule has 11 heteroatoms. The lowest BCUT2D eigenvalue weighted by Gasteiger charge is -2.40. The molecule has 85 heavy (non-hydrogen) atoms. The van der Waals surface area contributed by atoms with E-state index < -0.39 is 74.2 Å². The monoisotopic (exact) mass is 1210 g/mol. The zero-order chi connectivity index (χ0) is 61.7. The highest BCUT2D eigenvalue weighted by molar-refractivity contribution is 5.80. The lowest BCUT2D eigenvalue weighted by Crippen LogP contribution is -2.60. The van der Waals surface area contributed by atoms with Crippen molar-refractivity contribution in [2.45, 2.75) is 428 Å². The number of ether oxygens (including phenoxy) is 2. The standard InChI is InChI=1S/C74H143NO10/c1-3-5-7-9-11-13-15-17-19-21-23-25-27-29-31-32-33-34-35-36-38-40-42-44-46-48-50-52-54-56-58-60-62-67(78)73(83)75-65(64-84-74-72(82)71(81)70(80)68(63-76)85-74)69(79)66(77)61-59-57-55-53-51-49-47-45-43-41-39-37-30-28-26-24-22-20-18-16-14-12-10-8-6-4-2/h29,31,53,55,65-72,74,76-82H,3-28,30,32-52,54,56-64H2,1-2H3,(H,75,83)/b31-29-,55-53+. The minimum atomic E-state index is -1.67. The van der Waals surface area contributed by atoms with Crippen molar-refractivity contribution in [2.24, 2.45) is 0 Å². The number of amides is 1. The number of allylic oxidation sites excluding steroid dienone is 4. The fourth-order valence-electron chi connectivity index (χ4n) is 12.3. The van der Waals surface area contributed by atoms with Gasteiger partial charge in [-0.1, -0.05) is 334 Å². The molecule has 0 aromatic carbocycles. The average molecular weight is 1210 g/mol. The van der Waals surface area contributed by atoms with Gasteiger partial charge in [0.25, 0.3) is 0 Å². The van der Waals surface area contributed by atoms with E-state index in [0.717, 1.165) is 38.5 Å². The summed E-state index contributed by atoms with van der Waals surface area (Å²) >= 11 is 0. The molecular weight excluding hydrogens is 1060 g/mol. The molecule has 0 aromatic heterocycles. The third-order valence-corrected chi connectivity index (χ3v) is 18.2. The number of rotatable bonds is 66. The Morgan fingerprint density at radius 1 is 0.400 bits per heavy atom. The Morgan fingerprint density at radius 2 is 0.694 bits per heavy atom. The van der Waals surface area contributed by atoms with Crippen molar-refractivity contribution in [3.05, 3.63) is 24.3 Å². The highest BCUT2D eigenvalue weighted by atomic mass is 16.7. The number of aliphatic hydroxyl groups is 7. The summed E-state index contributed by atoms with van der Waals surface area (Å²) in [5.41, 5.74) is 0. The largest absolute Gasteiger partial charge is 0.394 e. The van der Waals surface area contributed by atoms with Gasteiger partial charge in [0.05, 0.1) is 25.4 Å². The molecular formula is C74H143NO10. The van der Waals surface area contributed by atoms with Crippen molar-refractivity contribution in [3.8, 4) is 0 Å². The fraction of sp³-hybridized carbons (Fsp3) is 0.932. The molecule has 1 heterocycles. The SMILES string of the molecule is CCCCCCCCCCCCCC/C=C\CCCCCCCCCCCCCCCCCCC(O)C(=O)NC(COC1OC(CO)C(O)C(O)C1O)C(O)C(O)CCC/C=C/CCCCCCCCCCCCCCCCCCCCCCC. The molecule has 9 unspecified atom stereocenters. The molecule has 1 rings (SSSR count). The van der Waals surface area contributed by atoms with Crippen molar-refractivity contribution < 1.29 is 50.0 Å². The van der Waals surface area contributed by atoms with Crippen LogP contribution in [0.15, 0.2) is 24.3 Å². The van der Waals surface area contributed by atoms with E-state index >= 15 is 0 Å². The van der Waals surface area contributed by atoms with Crippen molar-refractivity contribution in [3.63, 3.8) is 0 Å². The molecule has 9 atom stereocenters. The third kappa shape index (κ3) is 50.0. The summed E-state index contributed by atoms with van der Waals surface area (Å²) in [7, 11) is 0. The van der Waals surface area contributed by atoms with Crippen LogP contribution in [0.4, 0.5) is 0 Å². The van der Waals surface area contributed by atoms with E-state index in [-0.39, 0.29) is 12.8 Å². The van der Waals surface area contributed by atoms with E-state index in [2.05, 4.69) is 43.5 Å². The molecule has 504 valence electrons. The molecule has 1 aliphatic heterocycles. The summed E-state index contributed by atoms with van der Waals surface area (Å²) in [6.07, 6.45) is 68.5. The molecule has 1 saturated heterocycles. The molecule has 0 bridgehead atoms. The lowest BCUT2D eigenvalue weighted by atomic mass is 9.98. The van der Waals surface area contributed by atoms with Crippen molar-refractivity contribution in [1.29, 1.82) is 0 Å². The van der Waals surface area contributed by atoms with E-state index in [1.165, 1.54) is 295 Å². The first-order valence-electron chi connectivity index (χ1n) is 37.2. The van der Waals surface area contributed by atoms with Crippen LogP contribution < -0.4 is 5.32 Å². The zero-order valence-electron chi connectivity index (χ0n) is 55.9. The van der Waals surface area contributed by atoms with E-state index in [1.54, 1.807) is 0 Å². The molecule has 0 radical (unpaired) electrons. The second-order valence-corrected chi connectivity index (χ2v) is 26.4. The Labute approximate surface area is 524 Å². The third-order valence-electron chi connectivity index (χ3n) is 18.2. The second-order valence-electron chi connectivity index (χ2n) is 26.4. The van der Waals surface area contributed by atoms with Gasteiger partial charge in [0, 0.05) is 0 Å². The van der Waals surface area contributed by atoms with Crippen LogP contribution in [0.25, 0.3) is 0 Å².